The smallest absolute Gasteiger partial charge is 0.307 e. The van der Waals surface area contributed by atoms with E-state index < -0.39 is 5.97 Å². The van der Waals surface area contributed by atoms with E-state index in [1.165, 1.54) is 17.3 Å². The minimum Gasteiger partial charge on any atom is -0.489 e. The highest BCUT2D eigenvalue weighted by atomic mass is 19.1. The van der Waals surface area contributed by atoms with Crippen molar-refractivity contribution in [3.63, 3.8) is 0 Å². The van der Waals surface area contributed by atoms with Crippen molar-refractivity contribution in [3.8, 4) is 22.8 Å². The van der Waals surface area contributed by atoms with Crippen LogP contribution in [0.4, 0.5) is 4.39 Å². The number of benzene rings is 2. The van der Waals surface area contributed by atoms with Crippen molar-refractivity contribution in [2.45, 2.75) is 83.2 Å². The molecule has 2 fully saturated rings. The van der Waals surface area contributed by atoms with Gasteiger partial charge in [0, 0.05) is 17.0 Å². The van der Waals surface area contributed by atoms with Gasteiger partial charge in [0.2, 0.25) is 5.88 Å². The summed E-state index contributed by atoms with van der Waals surface area (Å²) in [5.41, 5.74) is 5.83. The van der Waals surface area contributed by atoms with Crippen LogP contribution in [0.2, 0.25) is 0 Å². The quantitative estimate of drug-likeness (QED) is 0.329. The second-order valence-corrected chi connectivity index (χ2v) is 12.6. The number of carbonyl (C=O) groups is 1. The average Bonchev–Trinajstić information content (AvgIpc) is 3.29. The number of carboxylic acids is 1. The molecule has 0 saturated heterocycles. The van der Waals surface area contributed by atoms with Gasteiger partial charge in [0.15, 0.2) is 0 Å². The summed E-state index contributed by atoms with van der Waals surface area (Å²) in [6.45, 7) is 4.99. The van der Waals surface area contributed by atoms with E-state index in [1.807, 2.05) is 18.2 Å². The maximum Gasteiger partial charge on any atom is 0.307 e. The second-order valence-electron chi connectivity index (χ2n) is 12.6. The predicted octanol–water partition coefficient (Wildman–Crippen LogP) is 7.84. The van der Waals surface area contributed by atoms with Gasteiger partial charge in [-0.3, -0.25) is 4.79 Å². The number of pyridine rings is 1. The number of carboxylic acid groups (broad SMARTS) is 1. The molecule has 3 aliphatic carbocycles. The van der Waals surface area contributed by atoms with E-state index in [0.29, 0.717) is 24.0 Å². The molecule has 3 unspecified atom stereocenters. The van der Waals surface area contributed by atoms with Crippen molar-refractivity contribution in [1.29, 1.82) is 0 Å². The first-order valence-electron chi connectivity index (χ1n) is 14.5. The van der Waals surface area contributed by atoms with E-state index in [2.05, 4.69) is 37.0 Å². The van der Waals surface area contributed by atoms with Gasteiger partial charge in [-0.15, -0.1) is 0 Å². The lowest BCUT2D eigenvalue weighted by molar-refractivity contribution is -0.150. The van der Waals surface area contributed by atoms with Crippen LogP contribution in [0.5, 0.6) is 11.6 Å². The predicted molar refractivity (Wildman–Crippen MR) is 152 cm³/mol. The van der Waals surface area contributed by atoms with Crippen LogP contribution in [0.15, 0.2) is 48.7 Å². The maximum absolute atomic E-state index is 15.1. The molecular formula is C34H38FNO4. The molecular weight excluding hydrogens is 505 g/mol. The zero-order chi connectivity index (χ0) is 28.1. The summed E-state index contributed by atoms with van der Waals surface area (Å²) in [5, 5.41) is 9.84. The normalized spacial score (nSPS) is 24.8. The van der Waals surface area contributed by atoms with E-state index >= 15 is 4.39 Å². The lowest BCUT2D eigenvalue weighted by Crippen LogP contribution is -2.50. The molecule has 1 aromatic heterocycles. The van der Waals surface area contributed by atoms with Crippen LogP contribution < -0.4 is 9.47 Å². The number of aromatic nitrogens is 1. The van der Waals surface area contributed by atoms with Crippen LogP contribution in [0, 0.1) is 17.2 Å². The minimum atomic E-state index is -0.684. The fraction of sp³-hybridized carbons (Fsp3) is 0.471. The molecule has 6 rings (SSSR count). The Balaban J connectivity index is 1.31. The monoisotopic (exact) mass is 543 g/mol. The van der Waals surface area contributed by atoms with Crippen LogP contribution in [0.25, 0.3) is 11.1 Å². The first-order valence-corrected chi connectivity index (χ1v) is 14.5. The number of aryl methyl sites for hydroxylation is 1. The van der Waals surface area contributed by atoms with Crippen molar-refractivity contribution >= 4 is 5.97 Å². The average molecular weight is 544 g/mol. The van der Waals surface area contributed by atoms with Gasteiger partial charge in [0.1, 0.15) is 18.2 Å². The molecule has 3 atom stereocenters. The Bertz CT molecular complexity index is 1450. The molecule has 3 aliphatic rings. The molecule has 0 bridgehead atoms. The molecule has 5 nitrogen and oxygen atoms in total. The number of hydrogen-bond acceptors (Lipinski definition) is 4. The maximum atomic E-state index is 15.1. The molecule has 2 saturated carbocycles. The Morgan fingerprint density at radius 2 is 1.90 bits per heavy atom. The van der Waals surface area contributed by atoms with Crippen molar-refractivity contribution < 1.29 is 23.8 Å². The van der Waals surface area contributed by atoms with Crippen molar-refractivity contribution in [3.05, 3.63) is 76.7 Å². The minimum absolute atomic E-state index is 0.109. The van der Waals surface area contributed by atoms with Gasteiger partial charge in [0.05, 0.1) is 19.2 Å². The van der Waals surface area contributed by atoms with Gasteiger partial charge >= 0.3 is 5.97 Å². The molecule has 0 amide bonds. The van der Waals surface area contributed by atoms with E-state index in [-0.39, 0.29) is 22.6 Å². The van der Waals surface area contributed by atoms with Crippen LogP contribution in [0.1, 0.15) is 87.0 Å². The lowest BCUT2D eigenvalue weighted by atomic mass is 9.52. The van der Waals surface area contributed by atoms with Gasteiger partial charge in [-0.05, 0) is 96.2 Å². The highest BCUT2D eigenvalue weighted by Gasteiger charge is 2.53. The highest BCUT2D eigenvalue weighted by Crippen LogP contribution is 2.56. The van der Waals surface area contributed by atoms with Gasteiger partial charge in [-0.25, -0.2) is 9.37 Å². The van der Waals surface area contributed by atoms with Crippen LogP contribution in [0.3, 0.4) is 0 Å². The number of nitrogens with zero attached hydrogens (tertiary/aromatic N) is 1. The second kappa shape index (κ2) is 10.2. The van der Waals surface area contributed by atoms with Crippen molar-refractivity contribution in [2.24, 2.45) is 11.3 Å². The molecule has 0 aliphatic heterocycles. The third-order valence-electron chi connectivity index (χ3n) is 10.0. The first-order chi connectivity index (χ1) is 19.2. The number of methoxy groups -OCH3 is 1. The van der Waals surface area contributed by atoms with E-state index in [0.717, 1.165) is 73.8 Å². The third kappa shape index (κ3) is 4.55. The van der Waals surface area contributed by atoms with Crippen molar-refractivity contribution in [1.82, 2.24) is 4.98 Å². The van der Waals surface area contributed by atoms with Gasteiger partial charge < -0.3 is 14.6 Å². The van der Waals surface area contributed by atoms with Crippen LogP contribution in [-0.2, 0) is 23.2 Å². The number of fused-ring (bicyclic) bond motifs is 2. The largest absolute Gasteiger partial charge is 0.489 e. The fourth-order valence-electron chi connectivity index (χ4n) is 7.72. The van der Waals surface area contributed by atoms with Gasteiger partial charge in [-0.1, -0.05) is 44.5 Å². The SMILES string of the molecule is COc1cc(-c2ccc(COc3ccc4c(c3)C3(CCC4)CCC3C(=O)O)cc2C2CCCC2(C)C)c(F)cn1. The molecule has 1 heterocycles. The summed E-state index contributed by atoms with van der Waals surface area (Å²) in [6.07, 6.45) is 9.20. The number of halogens is 1. The molecule has 1 N–H and O–H groups in total. The number of rotatable bonds is 7. The fourth-order valence-corrected chi connectivity index (χ4v) is 7.72. The first kappa shape index (κ1) is 26.8. The standard InChI is InChI=1S/C34H38FNO4/c1-33(2)13-5-7-27(33)25-16-21(8-11-24(25)26-18-31(39-3)36-19-30(26)35)20-40-23-10-9-22-6-4-14-34(29(22)17-23)15-12-28(34)32(37)38/h8-11,16-19,27-28H,4-7,12-15,20H2,1-3H3,(H,37,38). The zero-order valence-electron chi connectivity index (χ0n) is 23.6. The van der Waals surface area contributed by atoms with Gasteiger partial charge in [0.25, 0.3) is 0 Å². The summed E-state index contributed by atoms with van der Waals surface area (Å²) >= 11 is 0. The Kier molecular flexibility index (Phi) is 6.84. The summed E-state index contributed by atoms with van der Waals surface area (Å²) in [5.74, 6) is 0.113. The number of aliphatic carboxylic acids is 1. The molecule has 210 valence electrons. The lowest BCUT2D eigenvalue weighted by Gasteiger charge is -2.51. The highest BCUT2D eigenvalue weighted by molar-refractivity contribution is 5.75. The van der Waals surface area contributed by atoms with E-state index in [9.17, 15) is 9.90 Å². The summed E-state index contributed by atoms with van der Waals surface area (Å²) in [6, 6.07) is 14.1. The van der Waals surface area contributed by atoms with Crippen LogP contribution >= 0.6 is 0 Å². The Labute approximate surface area is 235 Å². The van der Waals surface area contributed by atoms with Gasteiger partial charge in [-0.2, -0.15) is 0 Å². The molecule has 2 aromatic carbocycles. The topological polar surface area (TPSA) is 68.7 Å². The summed E-state index contributed by atoms with van der Waals surface area (Å²) < 4.78 is 26.7. The Hall–Kier alpha value is -3.41. The number of ether oxygens (including phenoxy) is 2. The zero-order valence-corrected chi connectivity index (χ0v) is 23.6. The molecule has 40 heavy (non-hydrogen) atoms. The molecule has 1 spiro atoms. The van der Waals surface area contributed by atoms with E-state index in [1.54, 1.807) is 13.2 Å². The molecule has 3 aromatic rings. The third-order valence-corrected chi connectivity index (χ3v) is 10.0. The summed E-state index contributed by atoms with van der Waals surface area (Å²) in [4.78, 5) is 16.0. The van der Waals surface area contributed by atoms with Crippen LogP contribution in [-0.4, -0.2) is 23.2 Å². The molecule has 6 heteroatoms. The molecule has 0 radical (unpaired) electrons. The Morgan fingerprint density at radius 1 is 1.05 bits per heavy atom. The summed E-state index contributed by atoms with van der Waals surface area (Å²) in [7, 11) is 1.54. The Morgan fingerprint density at radius 3 is 2.60 bits per heavy atom. The van der Waals surface area contributed by atoms with Crippen molar-refractivity contribution in [2.75, 3.05) is 7.11 Å². The van der Waals surface area contributed by atoms with E-state index in [4.69, 9.17) is 9.47 Å². The number of hydrogen-bond donors (Lipinski definition) is 1.